The van der Waals surface area contributed by atoms with Crippen molar-refractivity contribution in [2.75, 3.05) is 31.1 Å². The summed E-state index contributed by atoms with van der Waals surface area (Å²) in [6.07, 6.45) is 4.99. The SMILES string of the molecule is O=C(C=Cc1ccccc1N1CCC2(CCN(C(=O)O)CC2)C1)NO. The molecule has 1 spiro atoms. The van der Waals surface area contributed by atoms with Crippen LogP contribution in [0.3, 0.4) is 0 Å². The summed E-state index contributed by atoms with van der Waals surface area (Å²) in [7, 11) is 0. The number of hydrogen-bond donors (Lipinski definition) is 3. The number of anilines is 1. The van der Waals surface area contributed by atoms with Crippen molar-refractivity contribution < 1.29 is 19.9 Å². The van der Waals surface area contributed by atoms with E-state index in [4.69, 9.17) is 10.3 Å². The van der Waals surface area contributed by atoms with E-state index in [0.717, 1.165) is 43.6 Å². The Balaban J connectivity index is 1.72. The van der Waals surface area contributed by atoms with Crippen LogP contribution < -0.4 is 10.4 Å². The van der Waals surface area contributed by atoms with E-state index < -0.39 is 12.0 Å². The Hall–Kier alpha value is -2.54. The molecule has 7 heteroatoms. The van der Waals surface area contributed by atoms with E-state index in [1.165, 1.54) is 11.0 Å². The minimum absolute atomic E-state index is 0.172. The van der Waals surface area contributed by atoms with Crippen molar-refractivity contribution in [3.8, 4) is 0 Å². The molecule has 2 aliphatic heterocycles. The molecule has 3 N–H and O–H groups in total. The van der Waals surface area contributed by atoms with Crippen LogP contribution in [0.15, 0.2) is 30.3 Å². The van der Waals surface area contributed by atoms with Crippen LogP contribution in [-0.2, 0) is 4.79 Å². The summed E-state index contributed by atoms with van der Waals surface area (Å²) in [6.45, 7) is 3.02. The molecule has 2 aliphatic rings. The van der Waals surface area contributed by atoms with E-state index in [2.05, 4.69) is 4.90 Å². The van der Waals surface area contributed by atoms with Crippen LogP contribution in [0.25, 0.3) is 6.08 Å². The minimum atomic E-state index is -0.831. The highest BCUT2D eigenvalue weighted by molar-refractivity contribution is 5.91. The Morgan fingerprint density at radius 3 is 2.48 bits per heavy atom. The maximum absolute atomic E-state index is 11.2. The van der Waals surface area contributed by atoms with Gasteiger partial charge in [-0.1, -0.05) is 18.2 Å². The summed E-state index contributed by atoms with van der Waals surface area (Å²) in [5, 5.41) is 17.7. The van der Waals surface area contributed by atoms with Crippen molar-refractivity contribution in [2.45, 2.75) is 19.3 Å². The van der Waals surface area contributed by atoms with Crippen LogP contribution >= 0.6 is 0 Å². The molecule has 1 aromatic rings. The number of piperidine rings is 1. The summed E-state index contributed by atoms with van der Waals surface area (Å²) >= 11 is 0. The largest absolute Gasteiger partial charge is 0.465 e. The van der Waals surface area contributed by atoms with Crippen LogP contribution in [-0.4, -0.2) is 53.4 Å². The number of nitrogens with one attached hydrogen (secondary N) is 1. The number of carbonyl (C=O) groups excluding carboxylic acids is 1. The molecule has 2 heterocycles. The normalized spacial score (nSPS) is 19.6. The third-order valence-electron chi connectivity index (χ3n) is 5.33. The van der Waals surface area contributed by atoms with E-state index >= 15 is 0 Å². The van der Waals surface area contributed by atoms with Gasteiger partial charge in [0, 0.05) is 37.9 Å². The molecule has 0 bridgehead atoms. The Bertz CT molecular complexity index is 681. The maximum Gasteiger partial charge on any atom is 0.407 e. The standard InChI is InChI=1S/C18H23N3O4/c22-16(19-25)6-5-14-3-1-2-4-15(14)21-12-9-18(13-21)7-10-20(11-8-18)17(23)24/h1-6,25H,7-13H2,(H,19,22)(H,23,24). The van der Waals surface area contributed by atoms with E-state index in [-0.39, 0.29) is 5.41 Å². The molecule has 0 aromatic heterocycles. The number of hydrogen-bond acceptors (Lipinski definition) is 4. The van der Waals surface area contributed by atoms with Crippen molar-refractivity contribution in [1.82, 2.24) is 10.4 Å². The molecule has 0 saturated carbocycles. The van der Waals surface area contributed by atoms with Crippen LogP contribution in [0.1, 0.15) is 24.8 Å². The molecule has 1 aromatic carbocycles. The topological polar surface area (TPSA) is 93.1 Å². The van der Waals surface area contributed by atoms with Crippen molar-refractivity contribution in [3.05, 3.63) is 35.9 Å². The molecule has 2 saturated heterocycles. The summed E-state index contributed by atoms with van der Waals surface area (Å²) < 4.78 is 0. The highest BCUT2D eigenvalue weighted by atomic mass is 16.5. The first-order chi connectivity index (χ1) is 12.0. The van der Waals surface area contributed by atoms with Crippen LogP contribution in [0, 0.1) is 5.41 Å². The molecule has 7 nitrogen and oxygen atoms in total. The zero-order valence-corrected chi connectivity index (χ0v) is 14.0. The molecular formula is C18H23N3O4. The fraction of sp³-hybridized carbons (Fsp3) is 0.444. The number of rotatable bonds is 3. The fourth-order valence-electron chi connectivity index (χ4n) is 3.84. The number of carbonyl (C=O) groups is 2. The van der Waals surface area contributed by atoms with Gasteiger partial charge < -0.3 is 14.9 Å². The van der Waals surface area contributed by atoms with E-state index in [0.29, 0.717) is 13.1 Å². The second-order valence-corrected chi connectivity index (χ2v) is 6.81. The lowest BCUT2D eigenvalue weighted by molar-refractivity contribution is -0.124. The third kappa shape index (κ3) is 3.76. The highest BCUT2D eigenvalue weighted by Crippen LogP contribution is 2.42. The molecule has 0 radical (unpaired) electrons. The molecular weight excluding hydrogens is 322 g/mol. The minimum Gasteiger partial charge on any atom is -0.465 e. The zero-order valence-electron chi connectivity index (χ0n) is 14.0. The van der Waals surface area contributed by atoms with Crippen LogP contribution in [0.2, 0.25) is 0 Å². The molecule has 134 valence electrons. The lowest BCUT2D eigenvalue weighted by Gasteiger charge is -2.38. The Morgan fingerprint density at radius 2 is 1.80 bits per heavy atom. The zero-order chi connectivity index (χ0) is 17.9. The average molecular weight is 345 g/mol. The van der Waals surface area contributed by atoms with Crippen molar-refractivity contribution in [3.63, 3.8) is 0 Å². The van der Waals surface area contributed by atoms with Crippen LogP contribution in [0.5, 0.6) is 0 Å². The van der Waals surface area contributed by atoms with Gasteiger partial charge in [0.05, 0.1) is 0 Å². The van der Waals surface area contributed by atoms with Gasteiger partial charge in [-0.05, 0) is 42.4 Å². The van der Waals surface area contributed by atoms with Gasteiger partial charge in [-0.15, -0.1) is 0 Å². The predicted octanol–water partition coefficient (Wildman–Crippen LogP) is 2.18. The molecule has 0 unspecified atom stereocenters. The quantitative estimate of drug-likeness (QED) is 0.443. The Kier molecular flexibility index (Phi) is 4.94. The second-order valence-electron chi connectivity index (χ2n) is 6.81. The van der Waals surface area contributed by atoms with Gasteiger partial charge in [0.2, 0.25) is 0 Å². The van der Waals surface area contributed by atoms with Crippen LogP contribution in [0.4, 0.5) is 10.5 Å². The molecule has 0 atom stereocenters. The average Bonchev–Trinajstić information content (AvgIpc) is 3.03. The smallest absolute Gasteiger partial charge is 0.407 e. The molecule has 3 rings (SSSR count). The third-order valence-corrected chi connectivity index (χ3v) is 5.33. The Morgan fingerprint density at radius 1 is 1.12 bits per heavy atom. The summed E-state index contributed by atoms with van der Waals surface area (Å²) in [6, 6.07) is 7.85. The first-order valence-electron chi connectivity index (χ1n) is 8.47. The number of nitrogens with zero attached hydrogens (tertiary/aromatic N) is 2. The number of para-hydroxylation sites is 1. The van der Waals surface area contributed by atoms with Crippen molar-refractivity contribution in [1.29, 1.82) is 0 Å². The summed E-state index contributed by atoms with van der Waals surface area (Å²) in [5.74, 6) is -0.561. The number of carboxylic acid groups (broad SMARTS) is 1. The Labute approximate surface area is 146 Å². The monoisotopic (exact) mass is 345 g/mol. The van der Waals surface area contributed by atoms with Gasteiger partial charge in [-0.2, -0.15) is 0 Å². The lowest BCUT2D eigenvalue weighted by atomic mass is 9.78. The first kappa shape index (κ1) is 17.3. The highest BCUT2D eigenvalue weighted by Gasteiger charge is 2.41. The van der Waals surface area contributed by atoms with Gasteiger partial charge in [-0.3, -0.25) is 10.0 Å². The summed E-state index contributed by atoms with van der Waals surface area (Å²) in [5.41, 5.74) is 3.74. The van der Waals surface area contributed by atoms with E-state index in [1.807, 2.05) is 24.3 Å². The molecule has 0 aliphatic carbocycles. The molecule has 2 fully saturated rings. The van der Waals surface area contributed by atoms with Gasteiger partial charge in [0.1, 0.15) is 0 Å². The van der Waals surface area contributed by atoms with E-state index in [9.17, 15) is 9.59 Å². The lowest BCUT2D eigenvalue weighted by Crippen LogP contribution is -2.43. The molecule has 2 amide bonds. The second kappa shape index (κ2) is 7.14. The fourth-order valence-corrected chi connectivity index (χ4v) is 3.84. The predicted molar refractivity (Wildman–Crippen MR) is 93.5 cm³/mol. The van der Waals surface area contributed by atoms with Crippen molar-refractivity contribution in [2.24, 2.45) is 5.41 Å². The van der Waals surface area contributed by atoms with E-state index in [1.54, 1.807) is 11.6 Å². The number of benzene rings is 1. The van der Waals surface area contributed by atoms with Gasteiger partial charge in [0.15, 0.2) is 0 Å². The number of likely N-dealkylation sites (tertiary alicyclic amines) is 1. The van der Waals surface area contributed by atoms with Gasteiger partial charge in [-0.25, -0.2) is 10.3 Å². The van der Waals surface area contributed by atoms with Crippen molar-refractivity contribution >= 4 is 23.8 Å². The first-order valence-corrected chi connectivity index (χ1v) is 8.47. The molecule has 25 heavy (non-hydrogen) atoms. The van der Waals surface area contributed by atoms with Gasteiger partial charge >= 0.3 is 6.09 Å². The summed E-state index contributed by atoms with van der Waals surface area (Å²) in [4.78, 5) is 26.1. The number of amides is 2. The maximum atomic E-state index is 11.2. The van der Waals surface area contributed by atoms with Gasteiger partial charge in [0.25, 0.3) is 5.91 Å². The number of hydroxylamine groups is 1.